The van der Waals surface area contributed by atoms with E-state index in [9.17, 15) is 4.79 Å². The molecule has 4 N–H and O–H groups in total. The van der Waals surface area contributed by atoms with Gasteiger partial charge in [0.05, 0.1) is 0 Å². The fourth-order valence-electron chi connectivity index (χ4n) is 2.20. The molecular weight excluding hydrogens is 330 g/mol. The van der Waals surface area contributed by atoms with Gasteiger partial charge in [0.2, 0.25) is 0 Å². The lowest BCUT2D eigenvalue weighted by molar-refractivity contribution is 0.0523. The molecule has 0 aliphatic rings. The Morgan fingerprint density at radius 3 is 2.23 bits per heavy atom. The third-order valence-electron chi connectivity index (χ3n) is 3.44. The molecule has 0 aromatic rings. The molecule has 0 aromatic heterocycles. The summed E-state index contributed by atoms with van der Waals surface area (Å²) in [5.74, 6) is 0.743. The summed E-state index contributed by atoms with van der Waals surface area (Å²) in [4.78, 5) is 16.2. The molecule has 7 heteroatoms. The van der Waals surface area contributed by atoms with E-state index in [0.717, 1.165) is 38.3 Å². The topological polar surface area (TPSA) is 86.8 Å². The molecule has 0 bridgehead atoms. The maximum absolute atomic E-state index is 11.9. The largest absolute Gasteiger partial charge is 0.444 e. The number of guanidine groups is 1. The summed E-state index contributed by atoms with van der Waals surface area (Å²) in [5.41, 5.74) is -0.395. The van der Waals surface area contributed by atoms with E-state index in [0.29, 0.717) is 6.54 Å². The first-order valence-corrected chi connectivity index (χ1v) is 9.66. The number of hydrogen-bond donors (Lipinski definition) is 4. The second-order valence-electron chi connectivity index (χ2n) is 8.54. The first kappa shape index (κ1) is 24.5. The predicted octanol–water partition coefficient (Wildman–Crippen LogP) is 2.62. The molecule has 0 saturated heterocycles. The summed E-state index contributed by atoms with van der Waals surface area (Å²) in [6, 6.07) is 0.101. The van der Waals surface area contributed by atoms with Gasteiger partial charge in [-0.2, -0.15) is 0 Å². The van der Waals surface area contributed by atoms with Gasteiger partial charge in [-0.15, -0.1) is 0 Å². The van der Waals surface area contributed by atoms with E-state index in [2.05, 4.69) is 54.0 Å². The second kappa shape index (κ2) is 12.0. The average Bonchev–Trinajstić information content (AvgIpc) is 2.49. The van der Waals surface area contributed by atoms with Gasteiger partial charge >= 0.3 is 6.09 Å². The lowest BCUT2D eigenvalue weighted by Crippen LogP contribution is -2.50. The Kier molecular flexibility index (Phi) is 11.3. The van der Waals surface area contributed by atoms with E-state index in [1.807, 2.05) is 20.8 Å². The standard InChI is InChI=1S/C19H41N5O2/c1-9-10-11-15(14-22-17(25)26-19(5,6)7)24-16(20-8)21-12-13-23-18(2,3)4/h15,23H,9-14H2,1-8H3,(H,22,25)(H2,20,21,24). The van der Waals surface area contributed by atoms with E-state index in [1.54, 1.807) is 7.05 Å². The molecule has 0 saturated carbocycles. The predicted molar refractivity (Wildman–Crippen MR) is 110 cm³/mol. The molecule has 0 radical (unpaired) electrons. The van der Waals surface area contributed by atoms with Crippen LogP contribution in [0, 0.1) is 0 Å². The molecule has 7 nitrogen and oxygen atoms in total. The highest BCUT2D eigenvalue weighted by Crippen LogP contribution is 2.07. The zero-order chi connectivity index (χ0) is 20.2. The number of carbonyl (C=O) groups is 1. The summed E-state index contributed by atoms with van der Waals surface area (Å²) in [5, 5.41) is 13.0. The summed E-state index contributed by atoms with van der Waals surface area (Å²) in [6.07, 6.45) is 2.74. The summed E-state index contributed by atoms with van der Waals surface area (Å²) < 4.78 is 5.30. The van der Waals surface area contributed by atoms with Crippen molar-refractivity contribution in [2.45, 2.75) is 84.9 Å². The molecule has 1 unspecified atom stereocenters. The van der Waals surface area contributed by atoms with Gasteiger partial charge in [0, 0.05) is 38.3 Å². The molecule has 0 aromatic carbocycles. The molecular formula is C19H41N5O2. The minimum Gasteiger partial charge on any atom is -0.444 e. The number of unbranched alkanes of at least 4 members (excludes halogenated alkanes) is 1. The summed E-state index contributed by atoms with van der Waals surface area (Å²) in [7, 11) is 1.75. The van der Waals surface area contributed by atoms with Crippen molar-refractivity contribution in [1.82, 2.24) is 21.3 Å². The Morgan fingerprint density at radius 1 is 1.08 bits per heavy atom. The number of hydrogen-bond acceptors (Lipinski definition) is 4. The number of ether oxygens (including phenoxy) is 1. The Balaban J connectivity index is 4.44. The summed E-state index contributed by atoms with van der Waals surface area (Å²) in [6.45, 7) is 16.3. The Morgan fingerprint density at radius 2 is 1.73 bits per heavy atom. The number of rotatable bonds is 9. The summed E-state index contributed by atoms with van der Waals surface area (Å²) >= 11 is 0. The van der Waals surface area contributed by atoms with Gasteiger partial charge in [-0.1, -0.05) is 19.8 Å². The van der Waals surface area contributed by atoms with Crippen LogP contribution in [-0.4, -0.2) is 55.9 Å². The van der Waals surface area contributed by atoms with E-state index < -0.39 is 11.7 Å². The fourth-order valence-corrected chi connectivity index (χ4v) is 2.20. The van der Waals surface area contributed by atoms with Gasteiger partial charge in [-0.25, -0.2) is 4.79 Å². The maximum Gasteiger partial charge on any atom is 0.407 e. The van der Waals surface area contributed by atoms with Gasteiger partial charge < -0.3 is 26.0 Å². The van der Waals surface area contributed by atoms with Crippen LogP contribution in [0.25, 0.3) is 0 Å². The maximum atomic E-state index is 11.9. The van der Waals surface area contributed by atoms with Gasteiger partial charge in [-0.05, 0) is 48.0 Å². The minimum absolute atomic E-state index is 0.0969. The zero-order valence-electron chi connectivity index (χ0n) is 18.1. The highest BCUT2D eigenvalue weighted by molar-refractivity contribution is 5.80. The van der Waals surface area contributed by atoms with E-state index >= 15 is 0 Å². The quantitative estimate of drug-likeness (QED) is 0.284. The van der Waals surface area contributed by atoms with Crippen molar-refractivity contribution in [2.75, 3.05) is 26.7 Å². The zero-order valence-corrected chi connectivity index (χ0v) is 18.1. The van der Waals surface area contributed by atoms with Crippen molar-refractivity contribution in [3.05, 3.63) is 0 Å². The molecule has 26 heavy (non-hydrogen) atoms. The molecule has 0 spiro atoms. The molecule has 0 aliphatic carbocycles. The lowest BCUT2D eigenvalue weighted by atomic mass is 10.1. The van der Waals surface area contributed by atoms with Gasteiger partial charge in [0.1, 0.15) is 5.60 Å². The SMILES string of the molecule is CCCCC(CNC(=O)OC(C)(C)C)NC(=NC)NCCNC(C)(C)C. The van der Waals surface area contributed by atoms with Crippen LogP contribution >= 0.6 is 0 Å². The molecule has 0 rings (SSSR count). The molecule has 1 atom stereocenters. The van der Waals surface area contributed by atoms with Crippen LogP contribution in [0.1, 0.15) is 67.7 Å². The Labute approximate surface area is 160 Å². The Hall–Kier alpha value is -1.50. The van der Waals surface area contributed by atoms with Gasteiger partial charge in [0.25, 0.3) is 0 Å². The lowest BCUT2D eigenvalue weighted by Gasteiger charge is -2.25. The number of nitrogens with zero attached hydrogens (tertiary/aromatic N) is 1. The monoisotopic (exact) mass is 371 g/mol. The third kappa shape index (κ3) is 14.8. The van der Waals surface area contributed by atoms with Crippen molar-refractivity contribution in [3.8, 4) is 0 Å². The number of amides is 1. The van der Waals surface area contributed by atoms with Crippen LogP contribution < -0.4 is 21.3 Å². The third-order valence-corrected chi connectivity index (χ3v) is 3.44. The first-order valence-electron chi connectivity index (χ1n) is 9.66. The van der Waals surface area contributed by atoms with Crippen molar-refractivity contribution >= 4 is 12.1 Å². The molecule has 0 heterocycles. The second-order valence-corrected chi connectivity index (χ2v) is 8.54. The number of aliphatic imine (C=N–C) groups is 1. The van der Waals surface area contributed by atoms with E-state index in [1.165, 1.54) is 0 Å². The highest BCUT2D eigenvalue weighted by Gasteiger charge is 2.18. The van der Waals surface area contributed by atoms with Crippen molar-refractivity contribution in [2.24, 2.45) is 4.99 Å². The van der Waals surface area contributed by atoms with Crippen molar-refractivity contribution < 1.29 is 9.53 Å². The smallest absolute Gasteiger partial charge is 0.407 e. The fraction of sp³-hybridized carbons (Fsp3) is 0.895. The van der Waals surface area contributed by atoms with Crippen LogP contribution in [-0.2, 0) is 4.74 Å². The molecule has 0 aliphatic heterocycles. The number of nitrogens with one attached hydrogen (secondary N) is 4. The Bertz CT molecular complexity index is 425. The van der Waals surface area contributed by atoms with Crippen LogP contribution in [0.3, 0.4) is 0 Å². The van der Waals surface area contributed by atoms with Crippen LogP contribution in [0.5, 0.6) is 0 Å². The van der Waals surface area contributed by atoms with E-state index in [4.69, 9.17) is 4.74 Å². The first-order chi connectivity index (χ1) is 12.0. The van der Waals surface area contributed by atoms with E-state index in [-0.39, 0.29) is 11.6 Å². The van der Waals surface area contributed by atoms with Gasteiger partial charge in [0.15, 0.2) is 5.96 Å². The number of alkyl carbamates (subject to hydrolysis) is 1. The van der Waals surface area contributed by atoms with Crippen molar-refractivity contribution in [1.29, 1.82) is 0 Å². The normalized spacial score (nSPS) is 13.9. The van der Waals surface area contributed by atoms with Crippen LogP contribution in [0.2, 0.25) is 0 Å². The molecule has 154 valence electrons. The van der Waals surface area contributed by atoms with Crippen LogP contribution in [0.15, 0.2) is 4.99 Å². The van der Waals surface area contributed by atoms with Gasteiger partial charge in [-0.3, -0.25) is 4.99 Å². The minimum atomic E-state index is -0.492. The number of carbonyl (C=O) groups excluding carboxylic acids is 1. The van der Waals surface area contributed by atoms with Crippen LogP contribution in [0.4, 0.5) is 4.79 Å². The molecule has 0 fully saturated rings. The molecule has 1 amide bonds. The highest BCUT2D eigenvalue weighted by atomic mass is 16.6. The van der Waals surface area contributed by atoms with Crippen molar-refractivity contribution in [3.63, 3.8) is 0 Å². The average molecular weight is 372 g/mol.